The third kappa shape index (κ3) is 9.80. The molecule has 0 spiro atoms. The predicted molar refractivity (Wildman–Crippen MR) is 95.3 cm³/mol. The van der Waals surface area contributed by atoms with Crippen LogP contribution in [-0.2, 0) is 9.53 Å². The van der Waals surface area contributed by atoms with E-state index in [0.29, 0.717) is 12.0 Å². The molecule has 3 nitrogen and oxygen atoms in total. The first-order valence-corrected chi connectivity index (χ1v) is 9.73. The minimum absolute atomic E-state index is 0.133. The van der Waals surface area contributed by atoms with Crippen LogP contribution in [0.3, 0.4) is 0 Å². The quantitative estimate of drug-likeness (QED) is 0.348. The molecule has 3 heteroatoms. The topological polar surface area (TPSA) is 46.5 Å². The van der Waals surface area contributed by atoms with Gasteiger partial charge >= 0.3 is 5.97 Å². The van der Waals surface area contributed by atoms with Crippen molar-refractivity contribution in [2.24, 2.45) is 0 Å². The summed E-state index contributed by atoms with van der Waals surface area (Å²) in [6.45, 7) is 4.11. The van der Waals surface area contributed by atoms with E-state index < -0.39 is 6.10 Å². The van der Waals surface area contributed by atoms with E-state index >= 15 is 0 Å². The van der Waals surface area contributed by atoms with Crippen molar-refractivity contribution in [3.05, 3.63) is 11.6 Å². The van der Waals surface area contributed by atoms with Gasteiger partial charge in [-0.3, -0.25) is 0 Å². The SMILES string of the molecule is CCCCCCCCCCCCC[C@@H](O)CC1=C[C@H](C)OC1=O. The van der Waals surface area contributed by atoms with Gasteiger partial charge in [0.2, 0.25) is 0 Å². The molecule has 0 aromatic carbocycles. The van der Waals surface area contributed by atoms with Crippen LogP contribution in [0.2, 0.25) is 0 Å². The normalized spacial score (nSPS) is 18.8. The van der Waals surface area contributed by atoms with Crippen LogP contribution in [0, 0.1) is 0 Å². The number of hydrogen-bond donors (Lipinski definition) is 1. The molecule has 2 atom stereocenters. The van der Waals surface area contributed by atoms with Crippen LogP contribution in [0.25, 0.3) is 0 Å². The van der Waals surface area contributed by atoms with E-state index in [4.69, 9.17) is 4.74 Å². The molecule has 0 saturated heterocycles. The van der Waals surface area contributed by atoms with E-state index in [1.165, 1.54) is 64.2 Å². The minimum Gasteiger partial charge on any atom is -0.455 e. The van der Waals surface area contributed by atoms with Gasteiger partial charge in [0.15, 0.2) is 0 Å². The average molecular weight is 325 g/mol. The van der Waals surface area contributed by atoms with Gasteiger partial charge in [0.25, 0.3) is 0 Å². The van der Waals surface area contributed by atoms with Crippen LogP contribution in [0.15, 0.2) is 11.6 Å². The first-order chi connectivity index (χ1) is 11.1. The number of aliphatic hydroxyl groups excluding tert-OH is 1. The lowest BCUT2D eigenvalue weighted by Crippen LogP contribution is -2.11. The highest BCUT2D eigenvalue weighted by molar-refractivity contribution is 5.90. The van der Waals surface area contributed by atoms with Crippen LogP contribution < -0.4 is 0 Å². The summed E-state index contributed by atoms with van der Waals surface area (Å²) in [6, 6.07) is 0. The lowest BCUT2D eigenvalue weighted by atomic mass is 10.0. The number of aliphatic hydroxyl groups is 1. The van der Waals surface area contributed by atoms with Gasteiger partial charge in [0, 0.05) is 12.0 Å². The van der Waals surface area contributed by atoms with Crippen molar-refractivity contribution in [1.82, 2.24) is 0 Å². The fourth-order valence-electron chi connectivity index (χ4n) is 3.18. The number of esters is 1. The Labute approximate surface area is 142 Å². The molecule has 0 aliphatic carbocycles. The third-order valence-electron chi connectivity index (χ3n) is 4.59. The van der Waals surface area contributed by atoms with E-state index in [1.54, 1.807) is 0 Å². The molecule has 0 unspecified atom stereocenters. The first kappa shape index (κ1) is 20.2. The predicted octanol–water partition coefficient (Wildman–Crippen LogP) is 5.31. The number of cyclic esters (lactones) is 1. The fourth-order valence-corrected chi connectivity index (χ4v) is 3.18. The van der Waals surface area contributed by atoms with Gasteiger partial charge in [0.05, 0.1) is 6.10 Å². The molecule has 1 rings (SSSR count). The van der Waals surface area contributed by atoms with Crippen molar-refractivity contribution in [3.8, 4) is 0 Å². The summed E-state index contributed by atoms with van der Waals surface area (Å²) in [4.78, 5) is 11.5. The van der Waals surface area contributed by atoms with Crippen LogP contribution in [0.5, 0.6) is 0 Å². The molecule has 0 aromatic rings. The molecule has 0 bridgehead atoms. The molecule has 1 aliphatic heterocycles. The zero-order valence-electron chi connectivity index (χ0n) is 15.2. The summed E-state index contributed by atoms with van der Waals surface area (Å²) in [6.07, 6.45) is 17.0. The lowest BCUT2D eigenvalue weighted by Gasteiger charge is -2.09. The first-order valence-electron chi connectivity index (χ1n) is 9.73. The number of carbonyl (C=O) groups is 1. The van der Waals surface area contributed by atoms with Gasteiger partial charge in [-0.2, -0.15) is 0 Å². The molecule has 1 N–H and O–H groups in total. The second-order valence-corrected chi connectivity index (χ2v) is 6.98. The number of carbonyl (C=O) groups excluding carboxylic acids is 1. The van der Waals surface area contributed by atoms with E-state index in [9.17, 15) is 9.90 Å². The van der Waals surface area contributed by atoms with Crippen molar-refractivity contribution >= 4 is 5.97 Å². The molecule has 1 heterocycles. The Morgan fingerprint density at radius 2 is 1.52 bits per heavy atom. The van der Waals surface area contributed by atoms with Gasteiger partial charge in [-0.05, 0) is 19.4 Å². The summed E-state index contributed by atoms with van der Waals surface area (Å²) < 4.78 is 5.04. The van der Waals surface area contributed by atoms with Gasteiger partial charge in [-0.1, -0.05) is 77.6 Å². The molecular weight excluding hydrogens is 288 g/mol. The number of hydrogen-bond acceptors (Lipinski definition) is 3. The minimum atomic E-state index is -0.405. The smallest absolute Gasteiger partial charge is 0.334 e. The second kappa shape index (κ2) is 12.6. The Morgan fingerprint density at radius 3 is 2.00 bits per heavy atom. The zero-order chi connectivity index (χ0) is 16.9. The third-order valence-corrected chi connectivity index (χ3v) is 4.59. The van der Waals surface area contributed by atoms with E-state index in [0.717, 1.165) is 12.8 Å². The summed E-state index contributed by atoms with van der Waals surface area (Å²) in [7, 11) is 0. The van der Waals surface area contributed by atoms with E-state index in [1.807, 2.05) is 13.0 Å². The Hall–Kier alpha value is -0.830. The highest BCUT2D eigenvalue weighted by atomic mass is 16.5. The average Bonchev–Trinajstić information content (AvgIpc) is 2.82. The van der Waals surface area contributed by atoms with Crippen LogP contribution >= 0.6 is 0 Å². The van der Waals surface area contributed by atoms with Crippen molar-refractivity contribution in [2.45, 2.75) is 110 Å². The van der Waals surface area contributed by atoms with Gasteiger partial charge < -0.3 is 9.84 Å². The highest BCUT2D eigenvalue weighted by Crippen LogP contribution is 2.20. The van der Waals surface area contributed by atoms with Crippen LogP contribution in [0.4, 0.5) is 0 Å². The molecule has 134 valence electrons. The standard InChI is InChI=1S/C20H36O3/c1-3-4-5-6-7-8-9-10-11-12-13-14-19(21)16-18-15-17(2)23-20(18)22/h15,17,19,21H,3-14,16H2,1-2H3/t17-,19+/m0/s1. The molecule has 0 radical (unpaired) electrons. The maximum absolute atomic E-state index is 11.5. The number of ether oxygens (including phenoxy) is 1. The van der Waals surface area contributed by atoms with Crippen LogP contribution in [0.1, 0.15) is 97.3 Å². The molecule has 1 aliphatic rings. The Bertz CT molecular complexity index is 349. The molecule has 0 saturated carbocycles. The lowest BCUT2D eigenvalue weighted by molar-refractivity contribution is -0.139. The van der Waals surface area contributed by atoms with Crippen molar-refractivity contribution < 1.29 is 14.6 Å². The number of rotatable bonds is 14. The second-order valence-electron chi connectivity index (χ2n) is 6.98. The van der Waals surface area contributed by atoms with Crippen molar-refractivity contribution in [1.29, 1.82) is 0 Å². The van der Waals surface area contributed by atoms with Gasteiger partial charge in [-0.25, -0.2) is 4.79 Å². The summed E-state index contributed by atoms with van der Waals surface area (Å²) in [5.41, 5.74) is 0.646. The Balaban J connectivity index is 1.89. The fraction of sp³-hybridized carbons (Fsp3) is 0.850. The highest BCUT2D eigenvalue weighted by Gasteiger charge is 2.23. The summed E-state index contributed by atoms with van der Waals surface area (Å²) >= 11 is 0. The molecule has 0 aromatic heterocycles. The molecule has 0 fully saturated rings. The summed E-state index contributed by atoms with van der Waals surface area (Å²) in [5.74, 6) is -0.254. The molecule has 0 amide bonds. The maximum atomic E-state index is 11.5. The Kier molecular flexibility index (Phi) is 11.1. The Morgan fingerprint density at radius 1 is 1.00 bits per heavy atom. The largest absolute Gasteiger partial charge is 0.455 e. The molecular formula is C20H36O3. The molecule has 23 heavy (non-hydrogen) atoms. The maximum Gasteiger partial charge on any atom is 0.334 e. The van der Waals surface area contributed by atoms with Crippen molar-refractivity contribution in [2.75, 3.05) is 0 Å². The zero-order valence-corrected chi connectivity index (χ0v) is 15.2. The number of unbranched alkanes of at least 4 members (excludes halogenated alkanes) is 10. The van der Waals surface area contributed by atoms with E-state index in [-0.39, 0.29) is 12.1 Å². The van der Waals surface area contributed by atoms with Crippen molar-refractivity contribution in [3.63, 3.8) is 0 Å². The van der Waals surface area contributed by atoms with Crippen LogP contribution in [-0.4, -0.2) is 23.3 Å². The summed E-state index contributed by atoms with van der Waals surface area (Å²) in [5, 5.41) is 10.0. The van der Waals surface area contributed by atoms with Gasteiger partial charge in [-0.15, -0.1) is 0 Å². The van der Waals surface area contributed by atoms with E-state index in [2.05, 4.69) is 6.92 Å². The van der Waals surface area contributed by atoms with Gasteiger partial charge in [0.1, 0.15) is 6.10 Å². The monoisotopic (exact) mass is 324 g/mol.